The van der Waals surface area contributed by atoms with Gasteiger partial charge >= 0.3 is 0 Å². The first-order valence-corrected chi connectivity index (χ1v) is 5.96. The number of rotatable bonds is 5. The third kappa shape index (κ3) is 2.29. The van der Waals surface area contributed by atoms with Crippen molar-refractivity contribution < 1.29 is 19.5 Å². The van der Waals surface area contributed by atoms with Crippen molar-refractivity contribution in [3.05, 3.63) is 71.3 Å². The summed E-state index contributed by atoms with van der Waals surface area (Å²) in [6.07, 6.45) is 0.704. The molecular formula is C16H12O4. The lowest BCUT2D eigenvalue weighted by Gasteiger charge is -2.21. The molecule has 0 aliphatic heterocycles. The molecule has 0 saturated heterocycles. The van der Waals surface area contributed by atoms with Crippen LogP contribution in [0.25, 0.3) is 0 Å². The monoisotopic (exact) mass is 268 g/mol. The summed E-state index contributed by atoms with van der Waals surface area (Å²) in [6, 6.07) is 13.9. The highest BCUT2D eigenvalue weighted by molar-refractivity contribution is 6.14. The van der Waals surface area contributed by atoms with E-state index in [9.17, 15) is 19.5 Å². The first-order valence-electron chi connectivity index (χ1n) is 5.96. The van der Waals surface area contributed by atoms with Crippen molar-refractivity contribution in [1.29, 1.82) is 0 Å². The van der Waals surface area contributed by atoms with E-state index in [-0.39, 0.29) is 23.0 Å². The van der Waals surface area contributed by atoms with E-state index in [1.54, 1.807) is 30.3 Å². The Morgan fingerprint density at radius 2 is 1.55 bits per heavy atom. The quantitative estimate of drug-likeness (QED) is 0.509. The molecule has 0 fully saturated rings. The largest absolute Gasteiger partial charge is 0.371 e. The minimum Gasteiger partial charge on any atom is -0.371 e. The van der Waals surface area contributed by atoms with Crippen LogP contribution in [0.5, 0.6) is 0 Å². The van der Waals surface area contributed by atoms with E-state index < -0.39 is 11.4 Å². The number of ketones is 1. The Morgan fingerprint density at radius 3 is 2.15 bits per heavy atom. The van der Waals surface area contributed by atoms with Gasteiger partial charge in [-0.3, -0.25) is 14.4 Å². The summed E-state index contributed by atoms with van der Waals surface area (Å²) in [7, 11) is 0. The molecule has 4 heteroatoms. The minimum absolute atomic E-state index is 0.0148. The lowest BCUT2D eigenvalue weighted by atomic mass is 9.86. The van der Waals surface area contributed by atoms with Crippen LogP contribution in [0.2, 0.25) is 0 Å². The van der Waals surface area contributed by atoms with Crippen LogP contribution >= 0.6 is 0 Å². The number of carbonyl (C=O) groups excluding carboxylic acids is 3. The topological polar surface area (TPSA) is 71.4 Å². The average Bonchev–Trinajstić information content (AvgIpc) is 2.54. The molecule has 0 amide bonds. The smallest absolute Gasteiger partial charge is 0.208 e. The van der Waals surface area contributed by atoms with Gasteiger partial charge in [0.05, 0.1) is 0 Å². The molecule has 2 rings (SSSR count). The van der Waals surface area contributed by atoms with Crippen molar-refractivity contribution in [2.75, 3.05) is 0 Å². The molecule has 0 aromatic heterocycles. The second kappa shape index (κ2) is 5.59. The van der Waals surface area contributed by atoms with Gasteiger partial charge < -0.3 is 5.11 Å². The highest BCUT2D eigenvalue weighted by Gasteiger charge is 2.39. The highest BCUT2D eigenvalue weighted by atomic mass is 16.3. The molecule has 1 unspecified atom stereocenters. The van der Waals surface area contributed by atoms with Crippen molar-refractivity contribution in [1.82, 2.24) is 0 Å². The predicted molar refractivity (Wildman–Crippen MR) is 72.6 cm³/mol. The van der Waals surface area contributed by atoms with Crippen LogP contribution in [0.3, 0.4) is 0 Å². The highest BCUT2D eigenvalue weighted by Crippen LogP contribution is 2.25. The Bertz CT molecular complexity index is 649. The van der Waals surface area contributed by atoms with E-state index >= 15 is 0 Å². The second-order valence-electron chi connectivity index (χ2n) is 4.28. The van der Waals surface area contributed by atoms with E-state index in [0.717, 1.165) is 0 Å². The number of aldehydes is 2. The molecule has 0 bridgehead atoms. The predicted octanol–water partition coefficient (Wildman–Crippen LogP) is 1.77. The Hall–Kier alpha value is -2.59. The molecule has 1 atom stereocenters. The van der Waals surface area contributed by atoms with Gasteiger partial charge in [-0.1, -0.05) is 54.6 Å². The molecule has 20 heavy (non-hydrogen) atoms. The molecule has 0 aliphatic rings. The van der Waals surface area contributed by atoms with Crippen molar-refractivity contribution in [2.24, 2.45) is 0 Å². The van der Waals surface area contributed by atoms with Gasteiger partial charge in [-0.2, -0.15) is 0 Å². The van der Waals surface area contributed by atoms with Gasteiger partial charge in [0.15, 0.2) is 12.6 Å². The third-order valence-electron chi connectivity index (χ3n) is 3.06. The molecule has 0 heterocycles. The number of benzene rings is 2. The maximum Gasteiger partial charge on any atom is 0.208 e. The summed E-state index contributed by atoms with van der Waals surface area (Å²) in [5.41, 5.74) is -1.98. The fourth-order valence-corrected chi connectivity index (χ4v) is 1.96. The van der Waals surface area contributed by atoms with Crippen LogP contribution in [0.15, 0.2) is 54.6 Å². The molecule has 2 aromatic rings. The Balaban J connectivity index is 2.55. The Labute approximate surface area is 115 Å². The SMILES string of the molecule is O=Cc1ccccc1C(=O)C(O)(C=O)c1ccccc1. The first kappa shape index (κ1) is 13.8. The molecule has 2 aromatic carbocycles. The third-order valence-corrected chi connectivity index (χ3v) is 3.06. The van der Waals surface area contributed by atoms with Gasteiger partial charge in [0.2, 0.25) is 11.4 Å². The van der Waals surface area contributed by atoms with Crippen molar-refractivity contribution in [3.63, 3.8) is 0 Å². The van der Waals surface area contributed by atoms with Crippen molar-refractivity contribution in [2.45, 2.75) is 5.60 Å². The number of Topliss-reactive ketones (excluding diaryl/α,β-unsaturated/α-hetero) is 1. The zero-order valence-corrected chi connectivity index (χ0v) is 10.5. The summed E-state index contributed by atoms with van der Waals surface area (Å²) in [4.78, 5) is 34.7. The molecule has 0 radical (unpaired) electrons. The molecule has 4 nitrogen and oxygen atoms in total. The van der Waals surface area contributed by atoms with E-state index in [1.807, 2.05) is 0 Å². The van der Waals surface area contributed by atoms with Crippen molar-refractivity contribution in [3.8, 4) is 0 Å². The molecule has 0 spiro atoms. The molecule has 1 N–H and O–H groups in total. The van der Waals surface area contributed by atoms with Crippen LogP contribution < -0.4 is 0 Å². The van der Waals surface area contributed by atoms with Crippen LogP contribution in [-0.2, 0) is 10.4 Å². The van der Waals surface area contributed by atoms with Crippen LogP contribution in [0.4, 0.5) is 0 Å². The summed E-state index contributed by atoms with van der Waals surface area (Å²) in [5.74, 6) is -0.818. The fourth-order valence-electron chi connectivity index (χ4n) is 1.96. The minimum atomic E-state index is -2.29. The van der Waals surface area contributed by atoms with Crippen LogP contribution in [0, 0.1) is 0 Å². The summed E-state index contributed by atoms with van der Waals surface area (Å²) in [5, 5.41) is 10.4. The lowest BCUT2D eigenvalue weighted by molar-refractivity contribution is -0.120. The van der Waals surface area contributed by atoms with E-state index in [1.165, 1.54) is 24.3 Å². The normalized spacial score (nSPS) is 13.2. The average molecular weight is 268 g/mol. The van der Waals surface area contributed by atoms with Gasteiger partial charge in [-0.05, 0) is 5.56 Å². The van der Waals surface area contributed by atoms with Gasteiger partial charge in [-0.25, -0.2) is 0 Å². The lowest BCUT2D eigenvalue weighted by Crippen LogP contribution is -2.38. The zero-order chi connectivity index (χ0) is 14.6. The van der Waals surface area contributed by atoms with Gasteiger partial charge in [0.25, 0.3) is 0 Å². The second-order valence-corrected chi connectivity index (χ2v) is 4.28. The number of carbonyl (C=O) groups is 3. The van der Waals surface area contributed by atoms with Crippen LogP contribution in [0.1, 0.15) is 26.3 Å². The van der Waals surface area contributed by atoms with E-state index in [4.69, 9.17) is 0 Å². The molecular weight excluding hydrogens is 256 g/mol. The van der Waals surface area contributed by atoms with Crippen molar-refractivity contribution >= 4 is 18.4 Å². The number of aliphatic hydroxyl groups is 1. The standard InChI is InChI=1S/C16H12O4/c17-10-12-6-4-5-9-14(12)15(19)16(20,11-18)13-7-2-1-3-8-13/h1-11,20H. The Morgan fingerprint density at radius 1 is 0.950 bits per heavy atom. The van der Waals surface area contributed by atoms with E-state index in [2.05, 4.69) is 0 Å². The molecule has 100 valence electrons. The number of hydrogen-bond acceptors (Lipinski definition) is 4. The molecule has 0 aliphatic carbocycles. The van der Waals surface area contributed by atoms with E-state index in [0.29, 0.717) is 6.29 Å². The summed E-state index contributed by atoms with van der Waals surface area (Å²) >= 11 is 0. The Kier molecular flexibility index (Phi) is 3.86. The van der Waals surface area contributed by atoms with Gasteiger partial charge in [0.1, 0.15) is 0 Å². The van der Waals surface area contributed by atoms with Gasteiger partial charge in [0, 0.05) is 11.1 Å². The zero-order valence-electron chi connectivity index (χ0n) is 10.5. The molecule has 0 saturated carbocycles. The summed E-state index contributed by atoms with van der Waals surface area (Å²) < 4.78 is 0. The maximum absolute atomic E-state index is 12.4. The maximum atomic E-state index is 12.4. The van der Waals surface area contributed by atoms with Crippen LogP contribution in [-0.4, -0.2) is 23.5 Å². The fraction of sp³-hybridized carbons (Fsp3) is 0.0625. The first-order chi connectivity index (χ1) is 9.63. The van der Waals surface area contributed by atoms with Gasteiger partial charge in [-0.15, -0.1) is 0 Å². The summed E-state index contributed by atoms with van der Waals surface area (Å²) in [6.45, 7) is 0. The number of hydrogen-bond donors (Lipinski definition) is 1.